The molecule has 3 rings (SSSR count). The predicted octanol–water partition coefficient (Wildman–Crippen LogP) is 3.25. The predicted molar refractivity (Wildman–Crippen MR) is 77.3 cm³/mol. The second-order valence-corrected chi connectivity index (χ2v) is 6.56. The van der Waals surface area contributed by atoms with Crippen molar-refractivity contribution in [3.63, 3.8) is 0 Å². The summed E-state index contributed by atoms with van der Waals surface area (Å²) in [4.78, 5) is 0. The first-order valence-electron chi connectivity index (χ1n) is 6.98. The Bertz CT molecular complexity index is 415. The molecule has 1 aliphatic carbocycles. The van der Waals surface area contributed by atoms with E-state index in [9.17, 15) is 5.11 Å². The third-order valence-corrected chi connectivity index (χ3v) is 5.26. The lowest BCUT2D eigenvalue weighted by atomic mass is 9.87. The third kappa shape index (κ3) is 2.67. The van der Waals surface area contributed by atoms with Crippen molar-refractivity contribution in [2.45, 2.75) is 44.2 Å². The summed E-state index contributed by atoms with van der Waals surface area (Å²) in [6.45, 7) is 0. The van der Waals surface area contributed by atoms with Crippen LogP contribution in [0, 0.1) is 0 Å². The van der Waals surface area contributed by atoms with Gasteiger partial charge in [-0.05, 0) is 61.1 Å². The molecule has 0 amide bonds. The average molecular weight is 263 g/mol. The molecule has 0 saturated carbocycles. The SMILES string of the molecule is Oc1ccc2c(c1)C(NC1CCCSC1)CCC2. The molecule has 1 fully saturated rings. The van der Waals surface area contributed by atoms with Crippen LogP contribution in [0.15, 0.2) is 18.2 Å². The van der Waals surface area contributed by atoms with Crippen molar-refractivity contribution >= 4 is 11.8 Å². The molecule has 98 valence electrons. The van der Waals surface area contributed by atoms with Gasteiger partial charge in [0.15, 0.2) is 0 Å². The molecule has 2 atom stereocenters. The minimum Gasteiger partial charge on any atom is -0.508 e. The van der Waals surface area contributed by atoms with Gasteiger partial charge in [0, 0.05) is 17.8 Å². The van der Waals surface area contributed by atoms with Gasteiger partial charge in [0.25, 0.3) is 0 Å². The van der Waals surface area contributed by atoms with Crippen molar-refractivity contribution in [1.82, 2.24) is 5.32 Å². The van der Waals surface area contributed by atoms with Crippen molar-refractivity contribution in [3.8, 4) is 5.75 Å². The Balaban J connectivity index is 1.75. The molecule has 2 N–H and O–H groups in total. The lowest BCUT2D eigenvalue weighted by Crippen LogP contribution is -2.38. The summed E-state index contributed by atoms with van der Waals surface area (Å²) in [5.41, 5.74) is 2.75. The molecule has 1 saturated heterocycles. The third-order valence-electron chi connectivity index (χ3n) is 4.04. The maximum atomic E-state index is 9.68. The van der Waals surface area contributed by atoms with Crippen LogP contribution in [-0.2, 0) is 6.42 Å². The van der Waals surface area contributed by atoms with E-state index >= 15 is 0 Å². The fraction of sp³-hybridized carbons (Fsp3) is 0.600. The number of fused-ring (bicyclic) bond motifs is 1. The van der Waals surface area contributed by atoms with Crippen LogP contribution >= 0.6 is 11.8 Å². The highest BCUT2D eigenvalue weighted by molar-refractivity contribution is 7.99. The minimum absolute atomic E-state index is 0.403. The second-order valence-electron chi connectivity index (χ2n) is 5.41. The standard InChI is InChI=1S/C15H21NOS/c17-13-7-6-11-3-1-5-15(14(11)9-13)16-12-4-2-8-18-10-12/h6-7,9,12,15-17H,1-5,8,10H2. The summed E-state index contributed by atoms with van der Waals surface area (Å²) < 4.78 is 0. The Morgan fingerprint density at radius 2 is 2.17 bits per heavy atom. The van der Waals surface area contributed by atoms with Gasteiger partial charge in [0.2, 0.25) is 0 Å². The van der Waals surface area contributed by atoms with E-state index in [0.717, 1.165) is 6.42 Å². The molecule has 1 aromatic carbocycles. The van der Waals surface area contributed by atoms with E-state index in [4.69, 9.17) is 0 Å². The van der Waals surface area contributed by atoms with E-state index in [0.29, 0.717) is 17.8 Å². The zero-order chi connectivity index (χ0) is 12.4. The fourth-order valence-electron chi connectivity index (χ4n) is 3.12. The van der Waals surface area contributed by atoms with E-state index in [-0.39, 0.29) is 0 Å². The van der Waals surface area contributed by atoms with Gasteiger partial charge in [-0.2, -0.15) is 11.8 Å². The number of thioether (sulfide) groups is 1. The van der Waals surface area contributed by atoms with Gasteiger partial charge < -0.3 is 10.4 Å². The van der Waals surface area contributed by atoms with Gasteiger partial charge in [0.1, 0.15) is 5.75 Å². The summed E-state index contributed by atoms with van der Waals surface area (Å²) in [5, 5.41) is 13.5. The van der Waals surface area contributed by atoms with Crippen molar-refractivity contribution < 1.29 is 5.11 Å². The van der Waals surface area contributed by atoms with Crippen molar-refractivity contribution in [3.05, 3.63) is 29.3 Å². The fourth-order valence-corrected chi connectivity index (χ4v) is 4.20. The average Bonchev–Trinajstić information content (AvgIpc) is 2.41. The van der Waals surface area contributed by atoms with Crippen LogP contribution in [0.4, 0.5) is 0 Å². The first kappa shape index (κ1) is 12.4. The van der Waals surface area contributed by atoms with E-state index in [1.807, 2.05) is 12.1 Å². The maximum absolute atomic E-state index is 9.68. The van der Waals surface area contributed by atoms with Gasteiger partial charge in [0.05, 0.1) is 0 Å². The van der Waals surface area contributed by atoms with Crippen molar-refractivity contribution in [2.24, 2.45) is 0 Å². The lowest BCUT2D eigenvalue weighted by Gasteiger charge is -2.32. The molecule has 2 nitrogen and oxygen atoms in total. The summed E-state index contributed by atoms with van der Waals surface area (Å²) in [7, 11) is 0. The molecule has 2 aliphatic rings. The minimum atomic E-state index is 0.403. The molecule has 0 bridgehead atoms. The molecule has 3 heteroatoms. The number of phenols is 1. The zero-order valence-electron chi connectivity index (χ0n) is 10.7. The molecule has 2 unspecified atom stereocenters. The first-order valence-corrected chi connectivity index (χ1v) is 8.14. The summed E-state index contributed by atoms with van der Waals surface area (Å²) in [6.07, 6.45) is 6.26. The largest absolute Gasteiger partial charge is 0.508 e. The van der Waals surface area contributed by atoms with Crippen LogP contribution in [-0.4, -0.2) is 22.7 Å². The highest BCUT2D eigenvalue weighted by atomic mass is 32.2. The second kappa shape index (κ2) is 5.54. The topological polar surface area (TPSA) is 32.3 Å². The molecule has 0 radical (unpaired) electrons. The molecular formula is C15H21NOS. The zero-order valence-corrected chi connectivity index (χ0v) is 11.5. The number of benzene rings is 1. The number of rotatable bonds is 2. The monoisotopic (exact) mass is 263 g/mol. The smallest absolute Gasteiger partial charge is 0.115 e. The van der Waals surface area contributed by atoms with E-state index in [2.05, 4.69) is 23.1 Å². The van der Waals surface area contributed by atoms with Crippen molar-refractivity contribution in [1.29, 1.82) is 0 Å². The van der Waals surface area contributed by atoms with E-state index in [1.165, 1.54) is 48.3 Å². The quantitative estimate of drug-likeness (QED) is 0.859. The highest BCUT2D eigenvalue weighted by Crippen LogP contribution is 2.33. The number of phenolic OH excluding ortho intramolecular Hbond substituents is 1. The van der Waals surface area contributed by atoms with Crippen LogP contribution in [0.2, 0.25) is 0 Å². The van der Waals surface area contributed by atoms with E-state index < -0.39 is 0 Å². The molecule has 1 aliphatic heterocycles. The summed E-state index contributed by atoms with van der Waals surface area (Å²) in [5.74, 6) is 2.96. The number of hydrogen-bond acceptors (Lipinski definition) is 3. The van der Waals surface area contributed by atoms with Crippen LogP contribution in [0.3, 0.4) is 0 Å². The molecule has 1 heterocycles. The maximum Gasteiger partial charge on any atom is 0.115 e. The van der Waals surface area contributed by atoms with Gasteiger partial charge >= 0.3 is 0 Å². The Morgan fingerprint density at radius 1 is 1.22 bits per heavy atom. The van der Waals surface area contributed by atoms with Gasteiger partial charge in [-0.3, -0.25) is 0 Å². The van der Waals surface area contributed by atoms with Crippen LogP contribution < -0.4 is 5.32 Å². The van der Waals surface area contributed by atoms with Gasteiger partial charge in [-0.15, -0.1) is 0 Å². The molecule has 0 aromatic heterocycles. The Labute approximate surface area is 113 Å². The highest BCUT2D eigenvalue weighted by Gasteiger charge is 2.24. The van der Waals surface area contributed by atoms with Gasteiger partial charge in [-0.1, -0.05) is 6.07 Å². The van der Waals surface area contributed by atoms with Crippen LogP contribution in [0.1, 0.15) is 42.9 Å². The van der Waals surface area contributed by atoms with Crippen molar-refractivity contribution in [2.75, 3.05) is 11.5 Å². The number of hydrogen-bond donors (Lipinski definition) is 2. The molecule has 0 spiro atoms. The molecule has 18 heavy (non-hydrogen) atoms. The summed E-state index contributed by atoms with van der Waals surface area (Å²) in [6, 6.07) is 6.97. The number of aromatic hydroxyl groups is 1. The Hall–Kier alpha value is -0.670. The Kier molecular flexibility index (Phi) is 3.80. The lowest BCUT2D eigenvalue weighted by molar-refractivity contribution is 0.391. The normalized spacial score (nSPS) is 27.8. The van der Waals surface area contributed by atoms with E-state index in [1.54, 1.807) is 0 Å². The number of aryl methyl sites for hydroxylation is 1. The first-order chi connectivity index (χ1) is 8.83. The Morgan fingerprint density at radius 3 is 3.00 bits per heavy atom. The molecular weight excluding hydrogens is 242 g/mol. The molecule has 1 aromatic rings. The van der Waals surface area contributed by atoms with Crippen LogP contribution in [0.25, 0.3) is 0 Å². The van der Waals surface area contributed by atoms with Crippen LogP contribution in [0.5, 0.6) is 5.75 Å². The number of nitrogens with one attached hydrogen (secondary N) is 1. The van der Waals surface area contributed by atoms with Gasteiger partial charge in [-0.25, -0.2) is 0 Å². The summed E-state index contributed by atoms with van der Waals surface area (Å²) >= 11 is 2.06.